The van der Waals surface area contributed by atoms with E-state index in [0.717, 1.165) is 12.8 Å². The van der Waals surface area contributed by atoms with Crippen LogP contribution in [-0.2, 0) is 19.1 Å². The molecule has 0 aromatic carbocycles. The van der Waals surface area contributed by atoms with Gasteiger partial charge in [0.15, 0.2) is 5.60 Å². The van der Waals surface area contributed by atoms with E-state index in [9.17, 15) is 14.7 Å². The Morgan fingerprint density at radius 3 is 2.80 bits per heavy atom. The monoisotopic (exact) mass is 350 g/mol. The summed E-state index contributed by atoms with van der Waals surface area (Å²) in [7, 11) is 0. The van der Waals surface area contributed by atoms with Crippen LogP contribution in [0.15, 0.2) is 23.8 Å². The molecular formula is C19H26O6. The van der Waals surface area contributed by atoms with Gasteiger partial charge in [0.05, 0.1) is 6.61 Å². The number of carbonyl (C=O) groups is 2. The van der Waals surface area contributed by atoms with E-state index in [0.29, 0.717) is 12.0 Å². The maximum absolute atomic E-state index is 12.4. The third-order valence-electron chi connectivity index (χ3n) is 6.30. The lowest BCUT2D eigenvalue weighted by Crippen LogP contribution is -2.65. The standard InChI is InChI=1S/C19H26O6/c1-17(2)7-5-8-18(3)15(17)13(25-14(21)6-4-9-20)10-12-11-24-16(22)19(12,18)23/h4,6,10,13,15,20,23H,5,7-9,11H2,1-3H3/t13-,15+,18+,19+/m1/s1. The molecule has 0 aromatic heterocycles. The fourth-order valence-electron chi connectivity index (χ4n) is 5.27. The van der Waals surface area contributed by atoms with Gasteiger partial charge in [0.25, 0.3) is 0 Å². The van der Waals surface area contributed by atoms with Crippen LogP contribution in [0.5, 0.6) is 0 Å². The normalized spacial score (nSPS) is 39.4. The third kappa shape index (κ3) is 2.54. The summed E-state index contributed by atoms with van der Waals surface area (Å²) >= 11 is 0. The molecule has 1 saturated heterocycles. The fraction of sp³-hybridized carbons (Fsp3) is 0.684. The largest absolute Gasteiger partial charge is 0.459 e. The molecule has 0 spiro atoms. The van der Waals surface area contributed by atoms with E-state index in [4.69, 9.17) is 14.6 Å². The minimum atomic E-state index is -1.65. The number of aliphatic hydroxyl groups excluding tert-OH is 1. The first-order valence-corrected chi connectivity index (χ1v) is 8.75. The topological polar surface area (TPSA) is 93.1 Å². The summed E-state index contributed by atoms with van der Waals surface area (Å²) in [6, 6.07) is 0. The minimum absolute atomic E-state index is 0.0264. The molecule has 6 heteroatoms. The lowest BCUT2D eigenvalue weighted by Gasteiger charge is -2.59. The van der Waals surface area contributed by atoms with Gasteiger partial charge in [0, 0.05) is 23.0 Å². The molecule has 0 unspecified atom stereocenters. The van der Waals surface area contributed by atoms with Crippen LogP contribution in [0.2, 0.25) is 0 Å². The molecule has 25 heavy (non-hydrogen) atoms. The van der Waals surface area contributed by atoms with Crippen LogP contribution in [0.25, 0.3) is 0 Å². The molecule has 0 amide bonds. The SMILES string of the molecule is CC1(C)CCC[C@@]2(C)[C@H]1[C@H](OC(=O)C=CCO)C=C1COC(=O)[C@@]12O. The number of aliphatic hydroxyl groups is 2. The molecule has 4 atom stereocenters. The predicted molar refractivity (Wildman–Crippen MR) is 89.3 cm³/mol. The summed E-state index contributed by atoms with van der Waals surface area (Å²) in [5, 5.41) is 20.2. The minimum Gasteiger partial charge on any atom is -0.459 e. The van der Waals surface area contributed by atoms with E-state index in [2.05, 4.69) is 13.8 Å². The van der Waals surface area contributed by atoms with Gasteiger partial charge < -0.3 is 19.7 Å². The van der Waals surface area contributed by atoms with Crippen molar-refractivity contribution >= 4 is 11.9 Å². The zero-order valence-electron chi connectivity index (χ0n) is 14.9. The summed E-state index contributed by atoms with van der Waals surface area (Å²) in [6.07, 6.45) is 6.11. The molecule has 1 saturated carbocycles. The first-order valence-electron chi connectivity index (χ1n) is 8.75. The number of fused-ring (bicyclic) bond motifs is 3. The molecule has 0 radical (unpaired) electrons. The Morgan fingerprint density at radius 2 is 2.12 bits per heavy atom. The number of carbonyl (C=O) groups excluding carboxylic acids is 2. The van der Waals surface area contributed by atoms with Crippen molar-refractivity contribution in [3.8, 4) is 0 Å². The van der Waals surface area contributed by atoms with Gasteiger partial charge in [0.1, 0.15) is 12.7 Å². The zero-order chi connectivity index (χ0) is 18.5. The predicted octanol–water partition coefficient (Wildman–Crippen LogP) is 1.51. The van der Waals surface area contributed by atoms with Crippen LogP contribution in [0.1, 0.15) is 40.0 Å². The average molecular weight is 350 g/mol. The lowest BCUT2D eigenvalue weighted by atomic mass is 9.46. The highest BCUT2D eigenvalue weighted by molar-refractivity contribution is 5.88. The molecular weight excluding hydrogens is 324 g/mol. The highest BCUT2D eigenvalue weighted by Gasteiger charge is 2.69. The quantitative estimate of drug-likeness (QED) is 0.455. The summed E-state index contributed by atoms with van der Waals surface area (Å²) in [4.78, 5) is 24.5. The van der Waals surface area contributed by atoms with Crippen molar-refractivity contribution in [3.63, 3.8) is 0 Å². The number of hydrogen-bond acceptors (Lipinski definition) is 6. The first kappa shape index (κ1) is 18.1. The van der Waals surface area contributed by atoms with Crippen LogP contribution >= 0.6 is 0 Å². The maximum atomic E-state index is 12.4. The molecule has 3 aliphatic rings. The second-order valence-electron chi connectivity index (χ2n) is 8.20. The van der Waals surface area contributed by atoms with Gasteiger partial charge in [-0.2, -0.15) is 0 Å². The third-order valence-corrected chi connectivity index (χ3v) is 6.30. The smallest absolute Gasteiger partial charge is 0.343 e. The number of cyclic esters (lactones) is 1. The molecule has 2 fully saturated rings. The summed E-state index contributed by atoms with van der Waals surface area (Å²) < 4.78 is 10.8. The molecule has 2 aliphatic carbocycles. The Hall–Kier alpha value is -1.66. The van der Waals surface area contributed by atoms with E-state index < -0.39 is 29.1 Å². The van der Waals surface area contributed by atoms with Crippen molar-refractivity contribution in [2.75, 3.05) is 13.2 Å². The molecule has 1 heterocycles. The first-order chi connectivity index (χ1) is 11.7. The van der Waals surface area contributed by atoms with Gasteiger partial charge in [-0.25, -0.2) is 9.59 Å². The Kier molecular flexibility index (Phi) is 4.32. The molecule has 1 aliphatic heterocycles. The van der Waals surface area contributed by atoms with Gasteiger partial charge in [-0.05, 0) is 24.3 Å². The molecule has 6 nitrogen and oxygen atoms in total. The van der Waals surface area contributed by atoms with E-state index in [1.54, 1.807) is 6.08 Å². The highest BCUT2D eigenvalue weighted by Crippen LogP contribution is 2.63. The molecule has 3 rings (SSSR count). The number of esters is 2. The summed E-state index contributed by atoms with van der Waals surface area (Å²) in [5.41, 5.74) is -2.16. The van der Waals surface area contributed by atoms with E-state index in [1.807, 2.05) is 6.92 Å². The molecule has 0 aromatic rings. The Labute approximate surface area is 147 Å². The van der Waals surface area contributed by atoms with Crippen LogP contribution in [0, 0.1) is 16.7 Å². The zero-order valence-corrected chi connectivity index (χ0v) is 14.9. The maximum Gasteiger partial charge on any atom is 0.343 e. The number of hydrogen-bond donors (Lipinski definition) is 2. The molecule has 2 N–H and O–H groups in total. The second kappa shape index (κ2) is 5.95. The summed E-state index contributed by atoms with van der Waals surface area (Å²) in [6.45, 7) is 5.86. The lowest BCUT2D eigenvalue weighted by molar-refractivity contribution is -0.194. The Morgan fingerprint density at radius 1 is 1.40 bits per heavy atom. The van der Waals surface area contributed by atoms with Crippen molar-refractivity contribution < 1.29 is 29.3 Å². The van der Waals surface area contributed by atoms with Crippen LogP contribution in [0.4, 0.5) is 0 Å². The van der Waals surface area contributed by atoms with Crippen molar-refractivity contribution in [3.05, 3.63) is 23.8 Å². The Balaban J connectivity index is 2.06. The van der Waals surface area contributed by atoms with Crippen molar-refractivity contribution in [2.45, 2.75) is 51.7 Å². The highest BCUT2D eigenvalue weighted by atomic mass is 16.6. The van der Waals surface area contributed by atoms with E-state index in [-0.39, 0.29) is 24.5 Å². The van der Waals surface area contributed by atoms with Crippen molar-refractivity contribution in [2.24, 2.45) is 16.7 Å². The van der Waals surface area contributed by atoms with Crippen LogP contribution < -0.4 is 0 Å². The number of rotatable bonds is 3. The van der Waals surface area contributed by atoms with Gasteiger partial charge in [-0.3, -0.25) is 0 Å². The van der Waals surface area contributed by atoms with Crippen LogP contribution in [-0.4, -0.2) is 47.1 Å². The van der Waals surface area contributed by atoms with E-state index >= 15 is 0 Å². The molecule has 0 bridgehead atoms. The number of ether oxygens (including phenoxy) is 2. The Bertz CT molecular complexity index is 648. The van der Waals surface area contributed by atoms with Gasteiger partial charge in [-0.1, -0.05) is 33.3 Å². The van der Waals surface area contributed by atoms with E-state index in [1.165, 1.54) is 12.2 Å². The van der Waals surface area contributed by atoms with Crippen LogP contribution in [0.3, 0.4) is 0 Å². The van der Waals surface area contributed by atoms with Crippen molar-refractivity contribution in [1.82, 2.24) is 0 Å². The summed E-state index contributed by atoms with van der Waals surface area (Å²) in [5.74, 6) is -1.37. The van der Waals surface area contributed by atoms with Gasteiger partial charge >= 0.3 is 11.9 Å². The van der Waals surface area contributed by atoms with Gasteiger partial charge in [-0.15, -0.1) is 0 Å². The average Bonchev–Trinajstić information content (AvgIpc) is 2.81. The van der Waals surface area contributed by atoms with Gasteiger partial charge in [0.2, 0.25) is 0 Å². The second-order valence-corrected chi connectivity index (χ2v) is 8.20. The fourth-order valence-corrected chi connectivity index (χ4v) is 5.27. The van der Waals surface area contributed by atoms with Crippen molar-refractivity contribution in [1.29, 1.82) is 0 Å². The molecule has 138 valence electrons.